The van der Waals surface area contributed by atoms with Crippen LogP contribution in [0.1, 0.15) is 0 Å². The fourth-order valence-electron chi connectivity index (χ4n) is 0.525. The lowest BCUT2D eigenvalue weighted by Gasteiger charge is -2.09. The van der Waals surface area contributed by atoms with Gasteiger partial charge in [0.25, 0.3) is 0 Å². The molecule has 0 aliphatic heterocycles. The van der Waals surface area contributed by atoms with Crippen molar-refractivity contribution in [3.05, 3.63) is 0 Å². The molecule has 54 valence electrons. The van der Waals surface area contributed by atoms with Gasteiger partial charge < -0.3 is 9.47 Å². The Kier molecular flexibility index (Phi) is 6.28. The first-order chi connectivity index (χ1) is 4.35. The van der Waals surface area contributed by atoms with Crippen molar-refractivity contribution >= 4 is 14.5 Å². The quantitative estimate of drug-likeness (QED) is 0.542. The van der Waals surface area contributed by atoms with Crippen LogP contribution in [0.4, 0.5) is 0 Å². The molecule has 0 bridgehead atoms. The van der Waals surface area contributed by atoms with Crippen molar-refractivity contribution in [2.45, 2.75) is 6.10 Å². The third-order valence-corrected chi connectivity index (χ3v) is 1.68. The van der Waals surface area contributed by atoms with E-state index in [0.717, 1.165) is 14.4 Å². The lowest BCUT2D eigenvalue weighted by molar-refractivity contribution is 0.0429. The van der Waals surface area contributed by atoms with Crippen LogP contribution in [0.5, 0.6) is 0 Å². The van der Waals surface area contributed by atoms with Crippen LogP contribution in [0.3, 0.4) is 0 Å². The summed E-state index contributed by atoms with van der Waals surface area (Å²) in [5.41, 5.74) is 0. The highest BCUT2D eigenvalue weighted by atomic mass is 31.1. The average Bonchev–Trinajstić information content (AvgIpc) is 1.88. The highest BCUT2D eigenvalue weighted by Crippen LogP contribution is 1.99. The van der Waals surface area contributed by atoms with Crippen LogP contribution in [0, 0.1) is 0 Å². The maximum absolute atomic E-state index is 5.06. The Bertz CT molecular complexity index is 75.5. The largest absolute Gasteiger partial charge is 0.382 e. The van der Waals surface area contributed by atoms with Crippen molar-refractivity contribution in [1.82, 2.24) is 0 Å². The van der Waals surface area contributed by atoms with E-state index in [1.54, 1.807) is 14.2 Å². The minimum Gasteiger partial charge on any atom is -0.382 e. The van der Waals surface area contributed by atoms with Gasteiger partial charge in [0.2, 0.25) is 0 Å². The van der Waals surface area contributed by atoms with E-state index in [0.29, 0.717) is 6.61 Å². The molecule has 0 heterocycles. The Balaban J connectivity index is 3.28. The summed E-state index contributed by atoms with van der Waals surface area (Å²) in [6.07, 6.45) is 4.86. The van der Waals surface area contributed by atoms with Gasteiger partial charge in [-0.05, 0) is 0 Å². The second-order valence-corrected chi connectivity index (χ2v) is 2.53. The molecule has 0 aromatic heterocycles. The van der Waals surface area contributed by atoms with Crippen molar-refractivity contribution in [2.24, 2.45) is 0 Å². The number of hydrogen-bond acceptors (Lipinski definition) is 2. The first kappa shape index (κ1) is 9.09. The van der Waals surface area contributed by atoms with Gasteiger partial charge in [-0.3, -0.25) is 0 Å². The lowest BCUT2D eigenvalue weighted by Crippen LogP contribution is -2.18. The van der Waals surface area contributed by atoms with Crippen molar-refractivity contribution in [3.63, 3.8) is 0 Å². The molecule has 0 fully saturated rings. The molecule has 2 nitrogen and oxygen atoms in total. The summed E-state index contributed by atoms with van der Waals surface area (Å²) in [5.74, 6) is 0. The molecule has 3 heteroatoms. The van der Waals surface area contributed by atoms with Gasteiger partial charge in [0.05, 0.1) is 12.7 Å². The van der Waals surface area contributed by atoms with Gasteiger partial charge in [0.1, 0.15) is 0 Å². The van der Waals surface area contributed by atoms with E-state index in [2.05, 4.69) is 6.30 Å². The van der Waals surface area contributed by atoms with Gasteiger partial charge in [0.15, 0.2) is 0 Å². The molecule has 0 rings (SSSR count). The number of methoxy groups -OCH3 is 2. The molecule has 1 atom stereocenters. The summed E-state index contributed by atoms with van der Waals surface area (Å²) in [4.78, 5) is 0. The molecule has 0 aromatic rings. The molecule has 0 saturated carbocycles. The number of hydrogen-bond donors (Lipinski definition) is 0. The maximum atomic E-state index is 5.06. The zero-order valence-electron chi connectivity index (χ0n) is 5.96. The normalized spacial score (nSPS) is 14.0. The fourth-order valence-corrected chi connectivity index (χ4v) is 1.07. The number of rotatable bonds is 5. The predicted octanol–water partition coefficient (Wildman–Crippen LogP) is 1.03. The highest BCUT2D eigenvalue weighted by Gasteiger charge is 2.02. The Labute approximate surface area is 58.0 Å². The van der Waals surface area contributed by atoms with Gasteiger partial charge in [-0.2, -0.15) is 0 Å². The van der Waals surface area contributed by atoms with Crippen LogP contribution in [0.2, 0.25) is 0 Å². The van der Waals surface area contributed by atoms with Crippen molar-refractivity contribution in [3.8, 4) is 0 Å². The molecular formula is C6H13O2P. The molecule has 0 N–H and O–H groups in total. The van der Waals surface area contributed by atoms with E-state index in [9.17, 15) is 0 Å². The zero-order chi connectivity index (χ0) is 7.11. The molecule has 0 aromatic carbocycles. The topological polar surface area (TPSA) is 18.5 Å². The first-order valence-electron chi connectivity index (χ1n) is 2.79. The molecule has 0 amide bonds. The third kappa shape index (κ3) is 4.58. The first-order valence-corrected chi connectivity index (χ1v) is 4.05. The van der Waals surface area contributed by atoms with Crippen LogP contribution in [0.15, 0.2) is 0 Å². The Morgan fingerprint density at radius 3 is 2.56 bits per heavy atom. The summed E-state index contributed by atoms with van der Waals surface area (Å²) in [6.45, 7) is 0.666. The number of ether oxygens (including phenoxy) is 2. The van der Waals surface area contributed by atoms with Gasteiger partial charge in [-0.1, -0.05) is 6.30 Å². The molecule has 1 unspecified atom stereocenters. The van der Waals surface area contributed by atoms with Crippen molar-refractivity contribution in [2.75, 3.05) is 27.0 Å². The summed E-state index contributed by atoms with van der Waals surface area (Å²) < 4.78 is 9.95. The van der Waals surface area contributed by atoms with E-state index in [-0.39, 0.29) is 6.10 Å². The summed E-state index contributed by atoms with van der Waals surface area (Å²) in [6, 6.07) is 0. The van der Waals surface area contributed by atoms with Crippen LogP contribution in [0.25, 0.3) is 0 Å². The zero-order valence-corrected chi connectivity index (χ0v) is 6.86. The lowest BCUT2D eigenvalue weighted by atomic mass is 10.4. The van der Waals surface area contributed by atoms with E-state index in [4.69, 9.17) is 9.47 Å². The molecule has 0 saturated heterocycles. The second kappa shape index (κ2) is 6.21. The van der Waals surface area contributed by atoms with Gasteiger partial charge in [0, 0.05) is 20.4 Å². The van der Waals surface area contributed by atoms with E-state index < -0.39 is 0 Å². The van der Waals surface area contributed by atoms with Gasteiger partial charge in [-0.15, -0.1) is 8.20 Å². The molecule has 0 radical (unpaired) electrons. The summed E-state index contributed by atoms with van der Waals surface area (Å²) >= 11 is 0. The minimum absolute atomic E-state index is 0.217. The Morgan fingerprint density at radius 2 is 2.22 bits per heavy atom. The molecule has 0 aliphatic rings. The third-order valence-electron chi connectivity index (χ3n) is 1.02. The monoisotopic (exact) mass is 148 g/mol. The molecule has 9 heavy (non-hydrogen) atoms. The average molecular weight is 148 g/mol. The van der Waals surface area contributed by atoms with E-state index in [1.165, 1.54) is 0 Å². The molecule has 0 spiro atoms. The standard InChI is InChI=1S/C6H13O2P/c1-7-4-6(8-2)5-9-3/h6H,3-5H2,1-2H3. The van der Waals surface area contributed by atoms with Crippen molar-refractivity contribution in [1.29, 1.82) is 0 Å². The molecule has 0 aliphatic carbocycles. The second-order valence-electron chi connectivity index (χ2n) is 1.72. The Morgan fingerprint density at radius 1 is 1.56 bits per heavy atom. The van der Waals surface area contributed by atoms with Crippen LogP contribution >= 0.6 is 8.20 Å². The van der Waals surface area contributed by atoms with E-state index in [1.807, 2.05) is 0 Å². The van der Waals surface area contributed by atoms with Gasteiger partial charge >= 0.3 is 0 Å². The van der Waals surface area contributed by atoms with Crippen LogP contribution in [-0.2, 0) is 9.47 Å². The van der Waals surface area contributed by atoms with Crippen LogP contribution in [-0.4, -0.2) is 39.4 Å². The van der Waals surface area contributed by atoms with E-state index >= 15 is 0 Å². The smallest absolute Gasteiger partial charge is 0.0879 e. The minimum atomic E-state index is 0.217. The van der Waals surface area contributed by atoms with Crippen molar-refractivity contribution < 1.29 is 9.47 Å². The molecular weight excluding hydrogens is 135 g/mol. The predicted molar refractivity (Wildman–Crippen MR) is 41.6 cm³/mol. The fraction of sp³-hybridized carbons (Fsp3) is 0.833. The maximum Gasteiger partial charge on any atom is 0.0879 e. The highest BCUT2D eigenvalue weighted by molar-refractivity contribution is 7.36. The SMILES string of the molecule is C=PCC(COC)OC. The van der Waals surface area contributed by atoms with Gasteiger partial charge in [-0.25, -0.2) is 0 Å². The summed E-state index contributed by atoms with van der Waals surface area (Å²) in [5, 5.41) is 0. The Hall–Kier alpha value is 0.0900. The summed E-state index contributed by atoms with van der Waals surface area (Å²) in [7, 11) is 4.47. The van der Waals surface area contributed by atoms with Crippen LogP contribution < -0.4 is 0 Å².